The quantitative estimate of drug-likeness (QED) is 0.763. The Bertz CT molecular complexity index is 656. The van der Waals surface area contributed by atoms with E-state index < -0.39 is 0 Å². The normalized spacial score (nSPS) is 9.71. The number of para-hydroxylation sites is 2. The van der Waals surface area contributed by atoms with Gasteiger partial charge in [-0.1, -0.05) is 12.1 Å². The van der Waals surface area contributed by atoms with Crippen molar-refractivity contribution in [2.75, 3.05) is 13.2 Å². The van der Waals surface area contributed by atoms with Gasteiger partial charge in [0.25, 0.3) is 0 Å². The summed E-state index contributed by atoms with van der Waals surface area (Å²) in [5, 5.41) is 8.73. The van der Waals surface area contributed by atoms with E-state index >= 15 is 0 Å². The molecule has 0 atom stereocenters. The Balaban J connectivity index is 2.02. The van der Waals surface area contributed by atoms with Crippen LogP contribution in [0.25, 0.3) is 0 Å². The smallest absolute Gasteiger partial charge is 0.200 e. The molecule has 0 saturated carbocycles. The summed E-state index contributed by atoms with van der Waals surface area (Å²) in [6.45, 7) is 2.35. The first kappa shape index (κ1) is 14.6. The van der Waals surface area contributed by atoms with E-state index in [9.17, 15) is 4.79 Å². The van der Waals surface area contributed by atoms with Gasteiger partial charge in [0.05, 0.1) is 18.2 Å². The minimum Gasteiger partial charge on any atom is -0.490 e. The van der Waals surface area contributed by atoms with E-state index in [1.165, 1.54) is 0 Å². The second-order valence-corrected chi connectivity index (χ2v) is 4.28. The van der Waals surface area contributed by atoms with Gasteiger partial charge in [0.1, 0.15) is 0 Å². The zero-order valence-electron chi connectivity index (χ0n) is 11.7. The maximum absolute atomic E-state index is 12.0. The van der Waals surface area contributed by atoms with Gasteiger partial charge in [-0.2, -0.15) is 5.26 Å². The molecular weight excluding hydrogens is 266 g/mol. The maximum atomic E-state index is 12.0. The molecule has 0 aliphatic heterocycles. The molecule has 21 heavy (non-hydrogen) atoms. The van der Waals surface area contributed by atoms with Gasteiger partial charge >= 0.3 is 0 Å². The molecule has 0 N–H and O–H groups in total. The Labute approximate surface area is 123 Å². The minimum atomic E-state index is -0.147. The molecule has 0 aromatic heterocycles. The van der Waals surface area contributed by atoms with Gasteiger partial charge in [0, 0.05) is 5.56 Å². The van der Waals surface area contributed by atoms with Gasteiger partial charge in [-0.25, -0.2) is 0 Å². The summed E-state index contributed by atoms with van der Waals surface area (Å²) in [5.74, 6) is 1.01. The highest BCUT2D eigenvalue weighted by Gasteiger charge is 2.09. The lowest BCUT2D eigenvalue weighted by atomic mass is 10.1. The van der Waals surface area contributed by atoms with Crippen LogP contribution in [0.15, 0.2) is 48.5 Å². The Morgan fingerprint density at radius 1 is 1.05 bits per heavy atom. The summed E-state index contributed by atoms with van der Waals surface area (Å²) >= 11 is 0. The number of nitriles is 1. The van der Waals surface area contributed by atoms with Crippen molar-refractivity contribution in [1.29, 1.82) is 5.26 Å². The molecule has 2 aromatic carbocycles. The molecule has 0 radical (unpaired) electrons. The van der Waals surface area contributed by atoms with Gasteiger partial charge in [-0.05, 0) is 43.3 Å². The molecule has 0 fully saturated rings. The Morgan fingerprint density at radius 3 is 2.24 bits per heavy atom. The average molecular weight is 281 g/mol. The first-order valence-corrected chi connectivity index (χ1v) is 6.62. The van der Waals surface area contributed by atoms with Crippen LogP contribution in [0.1, 0.15) is 22.8 Å². The second-order valence-electron chi connectivity index (χ2n) is 4.28. The Kier molecular flexibility index (Phi) is 4.94. The Morgan fingerprint density at radius 2 is 1.67 bits per heavy atom. The summed E-state index contributed by atoms with van der Waals surface area (Å²) < 4.78 is 11.0. The molecule has 0 spiro atoms. The highest BCUT2D eigenvalue weighted by molar-refractivity contribution is 5.97. The third kappa shape index (κ3) is 3.83. The summed E-state index contributed by atoms with van der Waals surface area (Å²) in [5.41, 5.74) is 1.04. The van der Waals surface area contributed by atoms with Gasteiger partial charge in [-0.15, -0.1) is 0 Å². The molecule has 0 bridgehead atoms. The number of nitrogens with zero attached hydrogens (tertiary/aromatic N) is 1. The lowest BCUT2D eigenvalue weighted by molar-refractivity contribution is 0.0919. The fourth-order valence-corrected chi connectivity index (χ4v) is 1.80. The minimum absolute atomic E-state index is 0.0734. The first-order chi connectivity index (χ1) is 10.2. The van der Waals surface area contributed by atoms with Crippen LogP contribution in [0.4, 0.5) is 0 Å². The molecule has 0 aliphatic carbocycles. The largest absolute Gasteiger partial charge is 0.490 e. The summed E-state index contributed by atoms with van der Waals surface area (Å²) in [4.78, 5) is 12.0. The first-order valence-electron chi connectivity index (χ1n) is 6.62. The van der Waals surface area contributed by atoms with E-state index in [1.807, 2.05) is 25.1 Å². The van der Waals surface area contributed by atoms with Crippen molar-refractivity contribution >= 4 is 5.78 Å². The molecule has 0 saturated heterocycles. The van der Waals surface area contributed by atoms with E-state index in [1.54, 1.807) is 36.4 Å². The van der Waals surface area contributed by atoms with Crippen LogP contribution in [0.2, 0.25) is 0 Å². The Hall–Kier alpha value is -2.80. The van der Waals surface area contributed by atoms with E-state index in [-0.39, 0.29) is 12.4 Å². The molecule has 0 amide bonds. The van der Waals surface area contributed by atoms with Crippen LogP contribution in [0.3, 0.4) is 0 Å². The number of ketones is 1. The van der Waals surface area contributed by atoms with Crippen molar-refractivity contribution in [3.63, 3.8) is 0 Å². The molecular formula is C17H15NO3. The summed E-state index contributed by atoms with van der Waals surface area (Å²) in [6, 6.07) is 15.7. The molecule has 0 unspecified atom stereocenters. The molecule has 0 aliphatic rings. The number of benzene rings is 2. The molecule has 2 aromatic rings. The predicted octanol–water partition coefficient (Wildman–Crippen LogP) is 3.22. The molecule has 106 valence electrons. The summed E-state index contributed by atoms with van der Waals surface area (Å²) in [7, 11) is 0. The molecule has 2 rings (SSSR count). The topological polar surface area (TPSA) is 59.3 Å². The van der Waals surface area contributed by atoms with Gasteiger partial charge in [-0.3, -0.25) is 4.79 Å². The lowest BCUT2D eigenvalue weighted by Crippen LogP contribution is -2.12. The third-order valence-corrected chi connectivity index (χ3v) is 2.84. The third-order valence-electron chi connectivity index (χ3n) is 2.84. The average Bonchev–Trinajstić information content (AvgIpc) is 2.54. The van der Waals surface area contributed by atoms with E-state index in [0.717, 1.165) is 0 Å². The van der Waals surface area contributed by atoms with Crippen LogP contribution < -0.4 is 9.47 Å². The lowest BCUT2D eigenvalue weighted by Gasteiger charge is -2.11. The number of carbonyl (C=O) groups excluding carboxylic acids is 1. The van der Waals surface area contributed by atoms with Crippen LogP contribution in [0.5, 0.6) is 11.5 Å². The molecule has 4 heteroatoms. The van der Waals surface area contributed by atoms with Crippen molar-refractivity contribution in [2.24, 2.45) is 0 Å². The number of carbonyl (C=O) groups is 1. The fraction of sp³-hybridized carbons (Fsp3) is 0.176. The van der Waals surface area contributed by atoms with Crippen molar-refractivity contribution in [1.82, 2.24) is 0 Å². The molecule has 0 heterocycles. The van der Waals surface area contributed by atoms with Crippen molar-refractivity contribution in [3.8, 4) is 17.6 Å². The van der Waals surface area contributed by atoms with Crippen molar-refractivity contribution in [2.45, 2.75) is 6.92 Å². The van der Waals surface area contributed by atoms with E-state index in [4.69, 9.17) is 14.7 Å². The molecule has 4 nitrogen and oxygen atoms in total. The van der Waals surface area contributed by atoms with Crippen LogP contribution >= 0.6 is 0 Å². The standard InChI is InChI=1S/C17H15NO3/c1-2-20-16-5-3-4-6-17(16)21-12-15(19)14-9-7-13(11-18)8-10-14/h3-10H,2,12H2,1H3. The van der Waals surface area contributed by atoms with Crippen LogP contribution in [-0.4, -0.2) is 19.0 Å². The zero-order chi connectivity index (χ0) is 15.1. The summed E-state index contributed by atoms with van der Waals surface area (Å²) in [6.07, 6.45) is 0. The number of Topliss-reactive ketones (excluding diaryl/α,β-unsaturated/α-hetero) is 1. The van der Waals surface area contributed by atoms with Gasteiger partial charge in [0.15, 0.2) is 23.9 Å². The van der Waals surface area contributed by atoms with E-state index in [0.29, 0.717) is 29.2 Å². The SMILES string of the molecule is CCOc1ccccc1OCC(=O)c1ccc(C#N)cc1. The maximum Gasteiger partial charge on any atom is 0.200 e. The zero-order valence-corrected chi connectivity index (χ0v) is 11.7. The monoisotopic (exact) mass is 281 g/mol. The van der Waals surface area contributed by atoms with Gasteiger partial charge < -0.3 is 9.47 Å². The predicted molar refractivity (Wildman–Crippen MR) is 78.6 cm³/mol. The second kappa shape index (κ2) is 7.11. The van der Waals surface area contributed by atoms with Crippen LogP contribution in [-0.2, 0) is 0 Å². The van der Waals surface area contributed by atoms with E-state index in [2.05, 4.69) is 0 Å². The number of ether oxygens (including phenoxy) is 2. The number of hydrogen-bond acceptors (Lipinski definition) is 4. The van der Waals surface area contributed by atoms with Crippen molar-refractivity contribution < 1.29 is 14.3 Å². The highest BCUT2D eigenvalue weighted by Crippen LogP contribution is 2.26. The number of rotatable bonds is 6. The van der Waals surface area contributed by atoms with Crippen LogP contribution in [0, 0.1) is 11.3 Å². The van der Waals surface area contributed by atoms with Gasteiger partial charge in [0.2, 0.25) is 0 Å². The fourth-order valence-electron chi connectivity index (χ4n) is 1.80. The number of hydrogen-bond donors (Lipinski definition) is 0. The van der Waals surface area contributed by atoms with Crippen molar-refractivity contribution in [3.05, 3.63) is 59.7 Å². The highest BCUT2D eigenvalue weighted by atomic mass is 16.5.